The lowest BCUT2D eigenvalue weighted by molar-refractivity contribution is -0.134. The monoisotopic (exact) mass is 496 g/mol. The Labute approximate surface area is 218 Å². The normalized spacial score (nSPS) is 11.5. The minimum Gasteiger partial charge on any atom is -0.333 e. The van der Waals surface area contributed by atoms with Crippen LogP contribution in [0.15, 0.2) is 30.3 Å². The first kappa shape index (κ1) is 29.6. The molecule has 0 radical (unpaired) electrons. The van der Waals surface area contributed by atoms with Crippen LogP contribution in [0.1, 0.15) is 110 Å². The average molecular weight is 497 g/mol. The highest BCUT2D eigenvalue weighted by Crippen LogP contribution is 2.27. The highest BCUT2D eigenvalue weighted by atomic mass is 16.2. The second kappa shape index (κ2) is 14.8. The van der Waals surface area contributed by atoms with Crippen molar-refractivity contribution in [2.75, 3.05) is 18.4 Å². The third-order valence-corrected chi connectivity index (χ3v) is 6.55. The van der Waals surface area contributed by atoms with E-state index < -0.39 is 0 Å². The number of unbranched alkanes of at least 4 members (excludes halogenated alkanes) is 7. The van der Waals surface area contributed by atoms with Crippen LogP contribution in [0.25, 0.3) is 5.69 Å². The van der Waals surface area contributed by atoms with E-state index in [2.05, 4.69) is 39.9 Å². The minimum absolute atomic E-state index is 0.0686. The summed E-state index contributed by atoms with van der Waals surface area (Å²) in [5, 5.41) is 7.88. The third kappa shape index (κ3) is 9.44. The summed E-state index contributed by atoms with van der Waals surface area (Å²) in [5.41, 5.74) is 2.75. The SMILES string of the molecule is CCCCCCCCCC(=O)N(CCCC)CC(=O)Nc1cc(C(C)(C)C)nn1-c1ccccc1C. The van der Waals surface area contributed by atoms with Crippen LogP contribution in [0.5, 0.6) is 0 Å². The molecule has 36 heavy (non-hydrogen) atoms. The lowest BCUT2D eigenvalue weighted by Gasteiger charge is -2.22. The van der Waals surface area contributed by atoms with Crippen molar-refractivity contribution < 1.29 is 9.59 Å². The first-order valence-corrected chi connectivity index (χ1v) is 13.9. The number of carbonyl (C=O) groups excluding carboxylic acids is 2. The topological polar surface area (TPSA) is 67.2 Å². The van der Waals surface area contributed by atoms with Crippen molar-refractivity contribution in [2.45, 2.75) is 111 Å². The van der Waals surface area contributed by atoms with Crippen LogP contribution in [-0.2, 0) is 15.0 Å². The van der Waals surface area contributed by atoms with Gasteiger partial charge in [-0.05, 0) is 31.4 Å². The molecular formula is C30H48N4O2. The summed E-state index contributed by atoms with van der Waals surface area (Å²) >= 11 is 0. The molecule has 0 atom stereocenters. The molecule has 0 bridgehead atoms. The Balaban J connectivity index is 2.07. The molecule has 0 saturated carbocycles. The zero-order valence-corrected chi connectivity index (χ0v) is 23.5. The van der Waals surface area contributed by atoms with Crippen LogP contribution in [0, 0.1) is 6.92 Å². The molecule has 2 rings (SSSR count). The number of benzene rings is 1. The van der Waals surface area contributed by atoms with Gasteiger partial charge in [-0.25, -0.2) is 4.68 Å². The van der Waals surface area contributed by atoms with Gasteiger partial charge in [0.15, 0.2) is 0 Å². The maximum atomic E-state index is 13.1. The number of aryl methyl sites for hydroxylation is 1. The van der Waals surface area contributed by atoms with Crippen molar-refractivity contribution in [3.8, 4) is 5.69 Å². The number of rotatable bonds is 15. The van der Waals surface area contributed by atoms with E-state index in [0.717, 1.165) is 42.6 Å². The quantitative estimate of drug-likeness (QED) is 0.265. The Morgan fingerprint density at radius 2 is 1.58 bits per heavy atom. The van der Waals surface area contributed by atoms with Gasteiger partial charge in [-0.1, -0.05) is 97.8 Å². The van der Waals surface area contributed by atoms with E-state index in [9.17, 15) is 9.59 Å². The fraction of sp³-hybridized carbons (Fsp3) is 0.633. The Morgan fingerprint density at radius 1 is 0.944 bits per heavy atom. The number of nitrogens with zero attached hydrogens (tertiary/aromatic N) is 3. The maximum absolute atomic E-state index is 13.1. The molecule has 6 heteroatoms. The van der Waals surface area contributed by atoms with Crippen LogP contribution in [-0.4, -0.2) is 39.6 Å². The zero-order chi connectivity index (χ0) is 26.6. The molecule has 1 aromatic carbocycles. The van der Waals surface area contributed by atoms with Crippen LogP contribution >= 0.6 is 0 Å². The molecule has 0 unspecified atom stereocenters. The van der Waals surface area contributed by atoms with E-state index in [4.69, 9.17) is 5.10 Å². The first-order valence-electron chi connectivity index (χ1n) is 13.9. The van der Waals surface area contributed by atoms with E-state index in [1.807, 2.05) is 41.9 Å². The summed E-state index contributed by atoms with van der Waals surface area (Å²) in [6.07, 6.45) is 10.6. The van der Waals surface area contributed by atoms with Crippen LogP contribution in [0.3, 0.4) is 0 Å². The highest BCUT2D eigenvalue weighted by molar-refractivity contribution is 5.94. The van der Waals surface area contributed by atoms with E-state index in [-0.39, 0.29) is 23.8 Å². The molecule has 1 N–H and O–H groups in total. The van der Waals surface area contributed by atoms with Crippen molar-refractivity contribution >= 4 is 17.6 Å². The summed E-state index contributed by atoms with van der Waals surface area (Å²) in [6, 6.07) is 9.95. The summed E-state index contributed by atoms with van der Waals surface area (Å²) in [5.74, 6) is 0.526. The number of anilines is 1. The largest absolute Gasteiger partial charge is 0.333 e. The van der Waals surface area contributed by atoms with E-state index >= 15 is 0 Å². The maximum Gasteiger partial charge on any atom is 0.245 e. The van der Waals surface area contributed by atoms with Gasteiger partial charge in [0.25, 0.3) is 0 Å². The third-order valence-electron chi connectivity index (χ3n) is 6.55. The van der Waals surface area contributed by atoms with Crippen molar-refractivity contribution in [1.82, 2.24) is 14.7 Å². The molecule has 2 amide bonds. The molecule has 1 heterocycles. The van der Waals surface area contributed by atoms with Gasteiger partial charge in [0.05, 0.1) is 17.9 Å². The van der Waals surface area contributed by atoms with Crippen molar-refractivity contribution in [3.63, 3.8) is 0 Å². The highest BCUT2D eigenvalue weighted by Gasteiger charge is 2.23. The fourth-order valence-corrected chi connectivity index (χ4v) is 4.21. The van der Waals surface area contributed by atoms with E-state index in [1.54, 1.807) is 4.90 Å². The molecule has 1 aromatic heterocycles. The number of amides is 2. The van der Waals surface area contributed by atoms with Gasteiger partial charge < -0.3 is 10.2 Å². The van der Waals surface area contributed by atoms with Gasteiger partial charge in [-0.3, -0.25) is 9.59 Å². The van der Waals surface area contributed by atoms with Crippen molar-refractivity contribution in [3.05, 3.63) is 41.6 Å². The Kier molecular flexibility index (Phi) is 12.2. The molecule has 0 aliphatic rings. The smallest absolute Gasteiger partial charge is 0.245 e. The lowest BCUT2D eigenvalue weighted by Crippen LogP contribution is -2.38. The lowest BCUT2D eigenvalue weighted by atomic mass is 9.92. The Hall–Kier alpha value is -2.63. The predicted octanol–water partition coefficient (Wildman–Crippen LogP) is 7.19. The van der Waals surface area contributed by atoms with Crippen molar-refractivity contribution in [1.29, 1.82) is 0 Å². The molecule has 0 spiro atoms. The number of carbonyl (C=O) groups is 2. The van der Waals surface area contributed by atoms with E-state index in [0.29, 0.717) is 18.8 Å². The number of para-hydroxylation sites is 1. The van der Waals surface area contributed by atoms with Gasteiger partial charge in [-0.15, -0.1) is 0 Å². The molecule has 6 nitrogen and oxygen atoms in total. The number of hydrogen-bond donors (Lipinski definition) is 1. The molecule has 0 saturated heterocycles. The van der Waals surface area contributed by atoms with Gasteiger partial charge >= 0.3 is 0 Å². The predicted molar refractivity (Wildman–Crippen MR) is 150 cm³/mol. The van der Waals surface area contributed by atoms with Gasteiger partial charge in [-0.2, -0.15) is 5.10 Å². The van der Waals surface area contributed by atoms with Gasteiger partial charge in [0.1, 0.15) is 5.82 Å². The Bertz CT molecular complexity index is 958. The zero-order valence-electron chi connectivity index (χ0n) is 23.5. The second-order valence-electron chi connectivity index (χ2n) is 11.0. The second-order valence-corrected chi connectivity index (χ2v) is 11.0. The number of nitrogens with one attached hydrogen (secondary N) is 1. The molecule has 0 fully saturated rings. The molecule has 2 aromatic rings. The number of hydrogen-bond acceptors (Lipinski definition) is 3. The van der Waals surface area contributed by atoms with Crippen LogP contribution < -0.4 is 5.32 Å². The van der Waals surface area contributed by atoms with Gasteiger partial charge in [0.2, 0.25) is 11.8 Å². The Morgan fingerprint density at radius 3 is 2.22 bits per heavy atom. The molecule has 0 aliphatic heterocycles. The molecule has 0 aliphatic carbocycles. The fourth-order valence-electron chi connectivity index (χ4n) is 4.21. The van der Waals surface area contributed by atoms with Crippen LogP contribution in [0.2, 0.25) is 0 Å². The minimum atomic E-state index is -0.186. The van der Waals surface area contributed by atoms with Crippen LogP contribution in [0.4, 0.5) is 5.82 Å². The van der Waals surface area contributed by atoms with E-state index in [1.165, 1.54) is 32.1 Å². The summed E-state index contributed by atoms with van der Waals surface area (Å²) in [4.78, 5) is 27.8. The van der Waals surface area contributed by atoms with Crippen molar-refractivity contribution in [2.24, 2.45) is 0 Å². The summed E-state index contributed by atoms with van der Waals surface area (Å²) in [6.45, 7) is 13.4. The number of aromatic nitrogens is 2. The van der Waals surface area contributed by atoms with Gasteiger partial charge in [0, 0.05) is 24.4 Å². The summed E-state index contributed by atoms with van der Waals surface area (Å²) < 4.78 is 1.81. The standard InChI is InChI=1S/C30H48N4O2/c1-7-9-11-12-13-14-15-20-29(36)33(21-10-8-2)23-28(35)31-27-22-26(30(4,5)6)32-34(27)25-19-17-16-18-24(25)3/h16-19,22H,7-15,20-21,23H2,1-6H3,(H,31,35). The average Bonchev–Trinajstić information content (AvgIpc) is 3.25. The molecule has 200 valence electrons. The summed E-state index contributed by atoms with van der Waals surface area (Å²) in [7, 11) is 0. The molecular weight excluding hydrogens is 448 g/mol. The first-order chi connectivity index (χ1) is 17.2.